The lowest BCUT2D eigenvalue weighted by Gasteiger charge is -2.28. The van der Waals surface area contributed by atoms with Crippen LogP contribution in [0.5, 0.6) is 0 Å². The highest BCUT2D eigenvalue weighted by Gasteiger charge is 2.24. The van der Waals surface area contributed by atoms with Gasteiger partial charge in [0.25, 0.3) is 5.91 Å². The molecule has 1 aliphatic rings. The number of nitrogen functional groups attached to an aromatic ring is 1. The topological polar surface area (TPSA) is 64.2 Å². The van der Waals surface area contributed by atoms with Gasteiger partial charge in [0.2, 0.25) is 0 Å². The summed E-state index contributed by atoms with van der Waals surface area (Å²) in [7, 11) is 1.80. The summed E-state index contributed by atoms with van der Waals surface area (Å²) < 4.78 is 1.62. The summed E-state index contributed by atoms with van der Waals surface area (Å²) in [6.45, 7) is 1.25. The van der Waals surface area contributed by atoms with Gasteiger partial charge in [-0.05, 0) is 18.1 Å². The zero-order valence-corrected chi connectivity index (χ0v) is 10.8. The molecule has 0 saturated heterocycles. The molecule has 0 unspecified atom stereocenters. The van der Waals surface area contributed by atoms with Gasteiger partial charge in [0, 0.05) is 24.7 Å². The Bertz CT molecular complexity index is 632. The van der Waals surface area contributed by atoms with Crippen LogP contribution in [-0.4, -0.2) is 27.1 Å². The van der Waals surface area contributed by atoms with Gasteiger partial charge >= 0.3 is 0 Å². The molecule has 2 aromatic rings. The monoisotopic (exact) mass is 256 g/mol. The van der Waals surface area contributed by atoms with E-state index >= 15 is 0 Å². The molecule has 98 valence electrons. The fraction of sp³-hybridized carbons (Fsp3) is 0.286. The van der Waals surface area contributed by atoms with E-state index in [9.17, 15) is 4.79 Å². The van der Waals surface area contributed by atoms with Gasteiger partial charge in [-0.25, -0.2) is 0 Å². The lowest BCUT2D eigenvalue weighted by molar-refractivity contribution is 0.0727. The van der Waals surface area contributed by atoms with Crippen LogP contribution >= 0.6 is 0 Å². The smallest absolute Gasteiger partial charge is 0.254 e. The number of hydrogen-bond acceptors (Lipinski definition) is 3. The maximum atomic E-state index is 12.4. The third-order valence-corrected chi connectivity index (χ3v) is 3.61. The van der Waals surface area contributed by atoms with E-state index in [0.29, 0.717) is 12.4 Å². The molecule has 1 amide bonds. The average Bonchev–Trinajstić information content (AvgIpc) is 2.74. The molecule has 1 aromatic heterocycles. The van der Waals surface area contributed by atoms with Gasteiger partial charge in [0.15, 0.2) is 0 Å². The third kappa shape index (κ3) is 1.97. The van der Waals surface area contributed by atoms with E-state index in [1.165, 1.54) is 0 Å². The number of carbonyl (C=O) groups is 1. The van der Waals surface area contributed by atoms with Crippen LogP contribution in [0.1, 0.15) is 21.5 Å². The minimum Gasteiger partial charge on any atom is -0.384 e. The molecule has 0 aliphatic carbocycles. The van der Waals surface area contributed by atoms with Crippen LogP contribution in [0.25, 0.3) is 0 Å². The Labute approximate surface area is 111 Å². The van der Waals surface area contributed by atoms with Crippen LogP contribution in [0.15, 0.2) is 30.5 Å². The highest BCUT2D eigenvalue weighted by atomic mass is 16.2. The Kier molecular flexibility index (Phi) is 2.74. The Morgan fingerprint density at radius 2 is 2.16 bits per heavy atom. The number of carbonyl (C=O) groups excluding carboxylic acids is 1. The van der Waals surface area contributed by atoms with Crippen LogP contribution in [0.4, 0.5) is 5.82 Å². The summed E-state index contributed by atoms with van der Waals surface area (Å²) in [5, 5.41) is 4.10. The molecule has 0 fully saturated rings. The van der Waals surface area contributed by atoms with E-state index in [4.69, 9.17) is 5.73 Å². The Hall–Kier alpha value is -2.30. The third-order valence-electron chi connectivity index (χ3n) is 3.61. The van der Waals surface area contributed by atoms with E-state index in [0.717, 1.165) is 29.7 Å². The molecule has 0 saturated carbocycles. The zero-order valence-electron chi connectivity index (χ0n) is 10.8. The molecule has 0 radical (unpaired) electrons. The van der Waals surface area contributed by atoms with E-state index in [-0.39, 0.29) is 5.91 Å². The number of aromatic nitrogens is 2. The van der Waals surface area contributed by atoms with E-state index in [2.05, 4.69) is 5.10 Å². The van der Waals surface area contributed by atoms with Crippen molar-refractivity contribution in [1.82, 2.24) is 14.7 Å². The summed E-state index contributed by atoms with van der Waals surface area (Å²) in [6, 6.07) is 7.78. The second kappa shape index (κ2) is 4.42. The fourth-order valence-corrected chi connectivity index (χ4v) is 2.45. The molecule has 2 N–H and O–H groups in total. The molecule has 2 heterocycles. The van der Waals surface area contributed by atoms with Crippen molar-refractivity contribution in [2.24, 2.45) is 7.05 Å². The van der Waals surface area contributed by atoms with Crippen LogP contribution in [0, 0.1) is 0 Å². The highest BCUT2D eigenvalue weighted by Crippen LogP contribution is 2.21. The first-order chi connectivity index (χ1) is 9.16. The van der Waals surface area contributed by atoms with Crippen molar-refractivity contribution in [2.75, 3.05) is 12.3 Å². The van der Waals surface area contributed by atoms with Gasteiger partial charge in [0.1, 0.15) is 5.82 Å². The summed E-state index contributed by atoms with van der Waals surface area (Å²) in [5.74, 6) is 0.691. The average molecular weight is 256 g/mol. The molecule has 3 rings (SSSR count). The largest absolute Gasteiger partial charge is 0.384 e. The summed E-state index contributed by atoms with van der Waals surface area (Å²) >= 11 is 0. The SMILES string of the molecule is Cn1ncc(CN2CCc3ccccc3C2=O)c1N. The molecule has 0 spiro atoms. The van der Waals surface area contributed by atoms with Crippen molar-refractivity contribution in [1.29, 1.82) is 0 Å². The fourth-order valence-electron chi connectivity index (χ4n) is 2.45. The van der Waals surface area contributed by atoms with Gasteiger partial charge in [-0.2, -0.15) is 5.10 Å². The number of nitrogens with two attached hydrogens (primary N) is 1. The number of amides is 1. The number of rotatable bonds is 2. The Morgan fingerprint density at radius 3 is 2.89 bits per heavy atom. The van der Waals surface area contributed by atoms with Crippen molar-refractivity contribution in [3.63, 3.8) is 0 Å². The Balaban J connectivity index is 1.85. The molecular formula is C14H16N4O. The van der Waals surface area contributed by atoms with Gasteiger partial charge < -0.3 is 10.6 Å². The maximum absolute atomic E-state index is 12.4. The molecule has 0 atom stereocenters. The summed E-state index contributed by atoms with van der Waals surface area (Å²) in [6.07, 6.45) is 2.62. The predicted octanol–water partition coefficient (Wildman–Crippen LogP) is 1.20. The second-order valence-electron chi connectivity index (χ2n) is 4.81. The van der Waals surface area contributed by atoms with Crippen LogP contribution in [-0.2, 0) is 20.0 Å². The van der Waals surface area contributed by atoms with Gasteiger partial charge in [-0.1, -0.05) is 18.2 Å². The number of hydrogen-bond donors (Lipinski definition) is 1. The minimum atomic E-state index is 0.0742. The molecule has 5 nitrogen and oxygen atoms in total. The summed E-state index contributed by atoms with van der Waals surface area (Å²) in [5.41, 5.74) is 8.75. The van der Waals surface area contributed by atoms with E-state index in [1.54, 1.807) is 17.9 Å². The molecule has 19 heavy (non-hydrogen) atoms. The number of benzene rings is 1. The van der Waals surface area contributed by atoms with Crippen molar-refractivity contribution in [3.05, 3.63) is 47.2 Å². The molecular weight excluding hydrogens is 240 g/mol. The molecule has 1 aliphatic heterocycles. The van der Waals surface area contributed by atoms with Crippen molar-refractivity contribution in [3.8, 4) is 0 Å². The van der Waals surface area contributed by atoms with Crippen LogP contribution in [0.3, 0.4) is 0 Å². The first-order valence-corrected chi connectivity index (χ1v) is 6.30. The normalized spacial score (nSPS) is 14.6. The first-order valence-electron chi connectivity index (χ1n) is 6.30. The minimum absolute atomic E-state index is 0.0742. The van der Waals surface area contributed by atoms with Gasteiger partial charge in [-0.15, -0.1) is 0 Å². The molecule has 5 heteroatoms. The summed E-state index contributed by atoms with van der Waals surface area (Å²) in [4.78, 5) is 14.2. The lowest BCUT2D eigenvalue weighted by atomic mass is 9.99. The maximum Gasteiger partial charge on any atom is 0.254 e. The van der Waals surface area contributed by atoms with Crippen LogP contribution < -0.4 is 5.73 Å². The lowest BCUT2D eigenvalue weighted by Crippen LogP contribution is -2.37. The Morgan fingerprint density at radius 1 is 1.37 bits per heavy atom. The predicted molar refractivity (Wildman–Crippen MR) is 72.5 cm³/mol. The van der Waals surface area contributed by atoms with Crippen LogP contribution in [0.2, 0.25) is 0 Å². The van der Waals surface area contributed by atoms with Gasteiger partial charge in [0.05, 0.1) is 12.7 Å². The van der Waals surface area contributed by atoms with Gasteiger partial charge in [-0.3, -0.25) is 9.48 Å². The highest BCUT2D eigenvalue weighted by molar-refractivity contribution is 5.96. The number of fused-ring (bicyclic) bond motifs is 1. The molecule has 1 aromatic carbocycles. The van der Waals surface area contributed by atoms with Crippen molar-refractivity contribution >= 4 is 11.7 Å². The second-order valence-corrected chi connectivity index (χ2v) is 4.81. The number of aryl methyl sites for hydroxylation is 1. The number of anilines is 1. The number of nitrogens with zero attached hydrogens (tertiary/aromatic N) is 3. The van der Waals surface area contributed by atoms with Crippen molar-refractivity contribution < 1.29 is 4.79 Å². The molecule has 0 bridgehead atoms. The quantitative estimate of drug-likeness (QED) is 0.878. The van der Waals surface area contributed by atoms with E-state index < -0.39 is 0 Å². The van der Waals surface area contributed by atoms with E-state index in [1.807, 2.05) is 29.2 Å². The first kappa shape index (κ1) is 11.8. The zero-order chi connectivity index (χ0) is 13.4. The standard InChI is InChI=1S/C14H16N4O/c1-17-13(15)11(8-16-17)9-18-7-6-10-4-2-3-5-12(10)14(18)19/h2-5,8H,6-7,9,15H2,1H3. The van der Waals surface area contributed by atoms with Crippen molar-refractivity contribution in [2.45, 2.75) is 13.0 Å².